The van der Waals surface area contributed by atoms with Crippen LogP contribution in [0.3, 0.4) is 0 Å². The highest BCUT2D eigenvalue weighted by Crippen LogP contribution is 2.36. The summed E-state index contributed by atoms with van der Waals surface area (Å²) in [7, 11) is 0. The van der Waals surface area contributed by atoms with E-state index in [9.17, 15) is 0 Å². The van der Waals surface area contributed by atoms with E-state index in [1.165, 1.54) is 0 Å². The second-order valence-electron chi connectivity index (χ2n) is 13.0. The van der Waals surface area contributed by atoms with E-state index in [4.69, 9.17) is 19.9 Å². The first kappa shape index (κ1) is 32.5. The third-order valence-electron chi connectivity index (χ3n) is 9.44. The van der Waals surface area contributed by atoms with Gasteiger partial charge in [-0.15, -0.1) is 0 Å². The zero-order valence-corrected chi connectivity index (χ0v) is 29.3. The summed E-state index contributed by atoms with van der Waals surface area (Å²) in [5.41, 5.74) is 14.5. The second kappa shape index (κ2) is 14.7. The average molecular weight is 692 g/mol. The van der Waals surface area contributed by atoms with Crippen molar-refractivity contribution in [3.8, 4) is 90.1 Å². The van der Waals surface area contributed by atoms with E-state index in [0.717, 1.165) is 84.2 Å². The largest absolute Gasteiger partial charge is 0.255 e. The highest BCUT2D eigenvalue weighted by atomic mass is 14.9. The van der Waals surface area contributed by atoms with Gasteiger partial charge in [-0.05, 0) is 64.2 Å². The molecule has 0 atom stereocenters. The van der Waals surface area contributed by atoms with Crippen molar-refractivity contribution in [1.29, 1.82) is 0 Å². The molecule has 0 aliphatic rings. The number of hydrogen-bond donors (Lipinski definition) is 0. The number of rotatable bonds is 8. The molecular formula is C49H33N5. The fourth-order valence-corrected chi connectivity index (χ4v) is 6.68. The zero-order valence-electron chi connectivity index (χ0n) is 29.3. The molecule has 9 rings (SSSR count). The molecule has 0 amide bonds. The first-order chi connectivity index (χ1) is 26.7. The van der Waals surface area contributed by atoms with Gasteiger partial charge in [-0.1, -0.05) is 152 Å². The lowest BCUT2D eigenvalue weighted by atomic mass is 9.93. The molecule has 5 heteroatoms. The quantitative estimate of drug-likeness (QED) is 0.159. The highest BCUT2D eigenvalue weighted by Gasteiger charge is 2.15. The van der Waals surface area contributed by atoms with E-state index in [1.807, 2.05) is 72.9 Å². The summed E-state index contributed by atoms with van der Waals surface area (Å²) in [5, 5.41) is 0. The van der Waals surface area contributed by atoms with Crippen molar-refractivity contribution in [3.05, 3.63) is 200 Å². The van der Waals surface area contributed by atoms with Gasteiger partial charge in [0.2, 0.25) is 0 Å². The maximum atomic E-state index is 5.07. The van der Waals surface area contributed by atoms with E-state index in [1.54, 1.807) is 6.20 Å². The molecule has 0 bridgehead atoms. The van der Waals surface area contributed by atoms with E-state index < -0.39 is 0 Å². The van der Waals surface area contributed by atoms with Crippen molar-refractivity contribution >= 4 is 0 Å². The molecular weight excluding hydrogens is 659 g/mol. The van der Waals surface area contributed by atoms with E-state index in [-0.39, 0.29) is 0 Å². The molecule has 4 aromatic heterocycles. The van der Waals surface area contributed by atoms with Gasteiger partial charge in [-0.25, -0.2) is 15.0 Å². The van der Waals surface area contributed by atoms with Crippen molar-refractivity contribution in [2.24, 2.45) is 0 Å². The summed E-state index contributed by atoms with van der Waals surface area (Å²) in [6.07, 6.45) is 3.71. The third-order valence-corrected chi connectivity index (χ3v) is 9.44. The van der Waals surface area contributed by atoms with Crippen LogP contribution in [0.5, 0.6) is 0 Å². The third kappa shape index (κ3) is 6.82. The van der Waals surface area contributed by atoms with Crippen molar-refractivity contribution in [1.82, 2.24) is 24.9 Å². The number of pyridine rings is 3. The fourth-order valence-electron chi connectivity index (χ4n) is 6.68. The monoisotopic (exact) mass is 691 g/mol. The molecule has 0 saturated heterocycles. The van der Waals surface area contributed by atoms with Crippen LogP contribution in [-0.2, 0) is 0 Å². The van der Waals surface area contributed by atoms with Crippen LogP contribution < -0.4 is 0 Å². The Morgan fingerprint density at radius 2 is 0.759 bits per heavy atom. The van der Waals surface area contributed by atoms with Crippen LogP contribution in [-0.4, -0.2) is 24.9 Å². The maximum Gasteiger partial charge on any atom is 0.160 e. The Morgan fingerprint density at radius 3 is 1.31 bits per heavy atom. The van der Waals surface area contributed by atoms with Crippen molar-refractivity contribution in [3.63, 3.8) is 0 Å². The molecule has 0 saturated carbocycles. The summed E-state index contributed by atoms with van der Waals surface area (Å²) in [6, 6.07) is 64.1. The Bertz CT molecular complexity index is 2610. The average Bonchev–Trinajstić information content (AvgIpc) is 3.27. The Kier molecular flexibility index (Phi) is 8.86. The standard InChI is InChI=1S/C49H33N5/c1-4-14-35(15-5-1)41-20-10-11-21-42(41)40-30-47(43-22-12-13-29-50-43)52-48(31-40)44-28-27-39(33-51-44)34-23-25-38(26-24-34)49-53-45(36-16-6-2-7-17-36)32-46(54-49)37-18-8-3-9-19-37/h1-33H. The zero-order chi connectivity index (χ0) is 36.1. The van der Waals surface area contributed by atoms with Gasteiger partial charge in [0.15, 0.2) is 5.82 Å². The summed E-state index contributed by atoms with van der Waals surface area (Å²) in [4.78, 5) is 24.6. The highest BCUT2D eigenvalue weighted by molar-refractivity contribution is 5.86. The van der Waals surface area contributed by atoms with E-state index in [0.29, 0.717) is 5.82 Å². The van der Waals surface area contributed by atoms with Gasteiger partial charge < -0.3 is 0 Å². The Labute approximate surface area is 314 Å². The van der Waals surface area contributed by atoms with Gasteiger partial charge >= 0.3 is 0 Å². The normalized spacial score (nSPS) is 11.0. The topological polar surface area (TPSA) is 64.5 Å². The molecule has 0 unspecified atom stereocenters. The van der Waals surface area contributed by atoms with Crippen LogP contribution in [0.1, 0.15) is 0 Å². The van der Waals surface area contributed by atoms with Crippen molar-refractivity contribution < 1.29 is 0 Å². The number of nitrogens with zero attached hydrogens (tertiary/aromatic N) is 5. The fraction of sp³-hybridized carbons (Fsp3) is 0. The van der Waals surface area contributed by atoms with Crippen molar-refractivity contribution in [2.45, 2.75) is 0 Å². The maximum absolute atomic E-state index is 5.07. The van der Waals surface area contributed by atoms with E-state index >= 15 is 0 Å². The minimum atomic E-state index is 0.679. The molecule has 0 radical (unpaired) electrons. The van der Waals surface area contributed by atoms with Gasteiger partial charge in [0.05, 0.1) is 34.2 Å². The first-order valence-electron chi connectivity index (χ1n) is 17.9. The molecule has 4 heterocycles. The molecule has 0 aliphatic heterocycles. The molecule has 0 spiro atoms. The van der Waals surface area contributed by atoms with Gasteiger partial charge in [-0.3, -0.25) is 9.97 Å². The number of aromatic nitrogens is 5. The van der Waals surface area contributed by atoms with Gasteiger partial charge in [0, 0.05) is 34.6 Å². The second-order valence-corrected chi connectivity index (χ2v) is 13.0. The summed E-state index contributed by atoms with van der Waals surface area (Å²) >= 11 is 0. The van der Waals surface area contributed by atoms with Gasteiger partial charge in [-0.2, -0.15) is 0 Å². The lowest BCUT2D eigenvalue weighted by molar-refractivity contribution is 1.18. The Hall–Kier alpha value is -7.37. The van der Waals surface area contributed by atoms with Crippen LogP contribution in [0.25, 0.3) is 90.1 Å². The van der Waals surface area contributed by atoms with Gasteiger partial charge in [0.1, 0.15) is 0 Å². The molecule has 254 valence electrons. The lowest BCUT2D eigenvalue weighted by Gasteiger charge is -2.13. The predicted molar refractivity (Wildman–Crippen MR) is 219 cm³/mol. The minimum Gasteiger partial charge on any atom is -0.255 e. The van der Waals surface area contributed by atoms with E-state index in [2.05, 4.69) is 126 Å². The van der Waals surface area contributed by atoms with Crippen molar-refractivity contribution in [2.75, 3.05) is 0 Å². The van der Waals surface area contributed by atoms with Crippen LogP contribution in [0.15, 0.2) is 200 Å². The number of hydrogen-bond acceptors (Lipinski definition) is 5. The van der Waals surface area contributed by atoms with Crippen LogP contribution >= 0.6 is 0 Å². The number of benzene rings is 5. The van der Waals surface area contributed by atoms with Crippen LogP contribution in [0.2, 0.25) is 0 Å². The van der Waals surface area contributed by atoms with Gasteiger partial charge in [0.25, 0.3) is 0 Å². The SMILES string of the molecule is c1ccc(-c2cc(-c3ccccc3)nc(-c3ccc(-c4ccc(-c5cc(-c6ccccc6-c6ccccc6)cc(-c6ccccn6)n5)nc4)cc3)n2)cc1. The smallest absolute Gasteiger partial charge is 0.160 e. The summed E-state index contributed by atoms with van der Waals surface area (Å²) in [5.74, 6) is 0.679. The molecule has 5 nitrogen and oxygen atoms in total. The molecule has 54 heavy (non-hydrogen) atoms. The van der Waals surface area contributed by atoms with Crippen LogP contribution in [0, 0.1) is 0 Å². The lowest BCUT2D eigenvalue weighted by Crippen LogP contribution is -1.96. The molecule has 0 N–H and O–H groups in total. The minimum absolute atomic E-state index is 0.679. The summed E-state index contributed by atoms with van der Waals surface area (Å²) in [6.45, 7) is 0. The summed E-state index contributed by atoms with van der Waals surface area (Å²) < 4.78 is 0. The predicted octanol–water partition coefficient (Wildman–Crippen LogP) is 12.0. The molecule has 5 aromatic carbocycles. The Morgan fingerprint density at radius 1 is 0.259 bits per heavy atom. The first-order valence-corrected chi connectivity index (χ1v) is 17.9. The Balaban J connectivity index is 1.05. The molecule has 0 fully saturated rings. The molecule has 0 aliphatic carbocycles. The van der Waals surface area contributed by atoms with Crippen LogP contribution in [0.4, 0.5) is 0 Å². The molecule has 9 aromatic rings.